The fourth-order valence-electron chi connectivity index (χ4n) is 3.12. The fourth-order valence-corrected chi connectivity index (χ4v) is 3.12. The van der Waals surface area contributed by atoms with Gasteiger partial charge in [-0.3, -0.25) is 0 Å². The molecule has 0 amide bonds. The first-order valence-electron chi connectivity index (χ1n) is 7.47. The maximum Gasteiger partial charge on any atom is 1.00 e. The molecule has 24 heavy (non-hydrogen) atoms. The number of rotatable bonds is 3. The van der Waals surface area contributed by atoms with E-state index in [-0.39, 0.29) is 36.3 Å². The van der Waals surface area contributed by atoms with Gasteiger partial charge >= 0.3 is 18.9 Å². The summed E-state index contributed by atoms with van der Waals surface area (Å²) in [6.07, 6.45) is -1.46. The van der Waals surface area contributed by atoms with Gasteiger partial charge in [0.15, 0.2) is 0 Å². The van der Waals surface area contributed by atoms with Crippen molar-refractivity contribution in [2.75, 3.05) is 0 Å². The molecule has 0 saturated carbocycles. The average Bonchev–Trinajstić information content (AvgIpc) is 2.56. The Morgan fingerprint density at radius 1 is 0.500 bits per heavy atom. The summed E-state index contributed by atoms with van der Waals surface area (Å²) in [5.74, 6) is -0.944. The van der Waals surface area contributed by atoms with Crippen LogP contribution in [0.2, 0.25) is 6.82 Å². The van der Waals surface area contributed by atoms with Gasteiger partial charge in [-0.05, 0) is 36.4 Å². The van der Waals surface area contributed by atoms with E-state index < -0.39 is 6.15 Å². The minimum atomic E-state index is -1.46. The van der Waals surface area contributed by atoms with Crippen LogP contribution < -0.4 is 35.2 Å². The van der Waals surface area contributed by atoms with E-state index in [0.29, 0.717) is 0 Å². The van der Waals surface area contributed by atoms with Gasteiger partial charge in [-0.1, -0.05) is 36.4 Å². The predicted octanol–water partition coefficient (Wildman–Crippen LogP) is 0.208. The number of hydrogen-bond donors (Lipinski definition) is 0. The Morgan fingerprint density at radius 2 is 0.708 bits per heavy atom. The standard InChI is InChI=1S/C19H15BF3.Li/c1-20(14-2-8-17(21)9-3-14,15-4-10-18(22)11-5-15)16-6-12-19(23)13-7-16;/h2-13H,1H3;/q-1;+1. The summed E-state index contributed by atoms with van der Waals surface area (Å²) in [7, 11) is 0. The monoisotopic (exact) mass is 318 g/mol. The van der Waals surface area contributed by atoms with Crippen LogP contribution in [0.3, 0.4) is 0 Å². The molecule has 0 N–H and O–H groups in total. The van der Waals surface area contributed by atoms with Crippen molar-refractivity contribution in [2.24, 2.45) is 0 Å². The smallest absolute Gasteiger partial charge is 0.207 e. The first kappa shape index (κ1) is 18.5. The largest absolute Gasteiger partial charge is 1.00 e. The Hall–Kier alpha value is -1.89. The summed E-state index contributed by atoms with van der Waals surface area (Å²) in [6.45, 7) is 2.02. The second-order valence-electron chi connectivity index (χ2n) is 5.95. The molecule has 0 spiro atoms. The van der Waals surface area contributed by atoms with Gasteiger partial charge in [0.1, 0.15) is 17.5 Å². The van der Waals surface area contributed by atoms with Crippen LogP contribution in [0.5, 0.6) is 0 Å². The first-order valence-corrected chi connectivity index (χ1v) is 7.47. The normalized spacial score (nSPS) is 11.0. The van der Waals surface area contributed by atoms with Gasteiger partial charge in [0, 0.05) is 0 Å². The third-order valence-corrected chi connectivity index (χ3v) is 4.61. The SMILES string of the molecule is C[B-](c1ccc(F)cc1)(c1ccc(F)cc1)c1ccc(F)cc1.[Li+]. The Bertz CT molecular complexity index is 689. The van der Waals surface area contributed by atoms with Crippen LogP contribution in [-0.2, 0) is 0 Å². The molecular weight excluding hydrogens is 303 g/mol. The third kappa shape index (κ3) is 3.46. The van der Waals surface area contributed by atoms with Crippen molar-refractivity contribution in [3.63, 3.8) is 0 Å². The van der Waals surface area contributed by atoms with E-state index in [4.69, 9.17) is 0 Å². The van der Waals surface area contributed by atoms with Crippen LogP contribution >= 0.6 is 0 Å². The molecule has 0 aliphatic heterocycles. The van der Waals surface area contributed by atoms with E-state index in [9.17, 15) is 13.2 Å². The summed E-state index contributed by atoms with van der Waals surface area (Å²) in [6, 6.07) is 18.8. The molecular formula is C19H15BF3Li. The van der Waals surface area contributed by atoms with Gasteiger partial charge in [0.25, 0.3) is 0 Å². The number of halogens is 3. The van der Waals surface area contributed by atoms with Crippen molar-refractivity contribution < 1.29 is 32.0 Å². The quantitative estimate of drug-likeness (QED) is 0.606. The molecule has 3 aromatic carbocycles. The average molecular weight is 318 g/mol. The van der Waals surface area contributed by atoms with E-state index in [2.05, 4.69) is 0 Å². The van der Waals surface area contributed by atoms with Crippen LogP contribution in [0.1, 0.15) is 0 Å². The van der Waals surface area contributed by atoms with Crippen LogP contribution in [0, 0.1) is 17.5 Å². The zero-order valence-corrected chi connectivity index (χ0v) is 13.6. The molecule has 3 aromatic rings. The van der Waals surface area contributed by atoms with E-state index in [0.717, 1.165) is 16.4 Å². The Kier molecular flexibility index (Phi) is 5.64. The minimum absolute atomic E-state index is 0. The van der Waals surface area contributed by atoms with E-state index in [1.807, 2.05) is 6.82 Å². The Morgan fingerprint density at radius 3 is 0.917 bits per heavy atom. The summed E-state index contributed by atoms with van der Waals surface area (Å²) < 4.78 is 39.9. The second-order valence-corrected chi connectivity index (χ2v) is 5.95. The summed E-state index contributed by atoms with van der Waals surface area (Å²) in [5.41, 5.74) is 2.72. The molecule has 0 bridgehead atoms. The van der Waals surface area contributed by atoms with Crippen molar-refractivity contribution in [1.29, 1.82) is 0 Å². The zero-order valence-electron chi connectivity index (χ0n) is 13.6. The minimum Gasteiger partial charge on any atom is -0.207 e. The second kappa shape index (κ2) is 7.34. The molecule has 0 aliphatic rings. The van der Waals surface area contributed by atoms with Gasteiger partial charge in [-0.25, -0.2) is 13.2 Å². The molecule has 0 nitrogen and oxygen atoms in total. The van der Waals surface area contributed by atoms with Gasteiger partial charge < -0.3 is 0 Å². The first-order chi connectivity index (χ1) is 11.0. The van der Waals surface area contributed by atoms with E-state index in [1.54, 1.807) is 36.4 Å². The van der Waals surface area contributed by atoms with Crippen molar-refractivity contribution in [1.82, 2.24) is 0 Å². The molecule has 5 heteroatoms. The Labute approximate surface area is 151 Å². The zero-order chi connectivity index (χ0) is 16.4. The maximum absolute atomic E-state index is 13.3. The maximum atomic E-state index is 13.3. The molecule has 0 aliphatic carbocycles. The molecule has 0 atom stereocenters. The Balaban J connectivity index is 0.00000208. The van der Waals surface area contributed by atoms with Crippen LogP contribution in [0.25, 0.3) is 0 Å². The van der Waals surface area contributed by atoms with Crippen molar-refractivity contribution in [2.45, 2.75) is 6.82 Å². The van der Waals surface area contributed by atoms with Gasteiger partial charge in [0.05, 0.1) is 6.15 Å². The van der Waals surface area contributed by atoms with Crippen LogP contribution in [0.4, 0.5) is 13.2 Å². The van der Waals surface area contributed by atoms with Crippen LogP contribution in [-0.4, -0.2) is 6.15 Å². The molecule has 0 saturated heterocycles. The fraction of sp³-hybridized carbons (Fsp3) is 0.0526. The molecule has 0 unspecified atom stereocenters. The molecule has 116 valence electrons. The predicted molar refractivity (Wildman–Crippen MR) is 89.7 cm³/mol. The van der Waals surface area contributed by atoms with Crippen LogP contribution in [0.15, 0.2) is 72.8 Å². The molecule has 0 fully saturated rings. The molecule has 0 aromatic heterocycles. The van der Waals surface area contributed by atoms with Crippen molar-refractivity contribution >= 4 is 22.5 Å². The third-order valence-electron chi connectivity index (χ3n) is 4.61. The van der Waals surface area contributed by atoms with Crippen molar-refractivity contribution in [3.05, 3.63) is 90.2 Å². The van der Waals surface area contributed by atoms with Gasteiger partial charge in [-0.2, -0.15) is 23.2 Å². The van der Waals surface area contributed by atoms with Crippen molar-refractivity contribution in [3.8, 4) is 0 Å². The topological polar surface area (TPSA) is 0 Å². The number of hydrogen-bond acceptors (Lipinski definition) is 0. The summed E-state index contributed by atoms with van der Waals surface area (Å²) in [4.78, 5) is 0. The summed E-state index contributed by atoms with van der Waals surface area (Å²) >= 11 is 0. The molecule has 3 rings (SSSR count). The van der Waals surface area contributed by atoms with Gasteiger partial charge in [-0.15, -0.1) is 0 Å². The molecule has 0 heterocycles. The summed E-state index contributed by atoms with van der Waals surface area (Å²) in [5, 5.41) is 0. The molecule has 0 radical (unpaired) electrons. The van der Waals surface area contributed by atoms with E-state index in [1.165, 1.54) is 36.4 Å². The number of benzene rings is 3. The van der Waals surface area contributed by atoms with Gasteiger partial charge in [0.2, 0.25) is 0 Å². The van der Waals surface area contributed by atoms with E-state index >= 15 is 0 Å².